The number of hydrogen-bond donors (Lipinski definition) is 2. The summed E-state index contributed by atoms with van der Waals surface area (Å²) in [4.78, 5) is 14.9. The number of methoxy groups -OCH3 is 1. The van der Waals surface area contributed by atoms with E-state index in [-0.39, 0.29) is 48.4 Å². The van der Waals surface area contributed by atoms with E-state index in [0.29, 0.717) is 26.3 Å². The number of carbonyl (C=O) groups is 1. The third kappa shape index (κ3) is 7.21. The summed E-state index contributed by atoms with van der Waals surface area (Å²) in [5, 5.41) is 14.7. The molecule has 1 aromatic carbocycles. The van der Waals surface area contributed by atoms with Crippen LogP contribution in [-0.4, -0.2) is 67.5 Å². The molecule has 1 aliphatic carbocycles. The van der Waals surface area contributed by atoms with E-state index in [4.69, 9.17) is 9.47 Å². The van der Waals surface area contributed by atoms with E-state index in [0.717, 1.165) is 37.8 Å². The number of amides is 1. The average Bonchev–Trinajstić information content (AvgIpc) is 3.33. The predicted octanol–water partition coefficient (Wildman–Crippen LogP) is 4.49. The molecule has 0 bridgehead atoms. The van der Waals surface area contributed by atoms with Gasteiger partial charge in [0, 0.05) is 44.8 Å². The lowest BCUT2D eigenvalue weighted by atomic mass is 9.83. The lowest BCUT2D eigenvalue weighted by molar-refractivity contribution is -0.140. The van der Waals surface area contributed by atoms with E-state index >= 15 is 0 Å². The van der Waals surface area contributed by atoms with Crippen molar-refractivity contribution in [1.82, 2.24) is 10.2 Å². The summed E-state index contributed by atoms with van der Waals surface area (Å²) in [6, 6.07) is 5.36. The zero-order valence-electron chi connectivity index (χ0n) is 21.7. The summed E-state index contributed by atoms with van der Waals surface area (Å²) >= 11 is 0. The fourth-order valence-electron chi connectivity index (χ4n) is 5.42. The molecule has 1 amide bonds. The number of benzene rings is 1. The highest BCUT2D eigenvalue weighted by Crippen LogP contribution is 2.38. The van der Waals surface area contributed by atoms with Crippen LogP contribution in [0.4, 0.5) is 13.2 Å². The largest absolute Gasteiger partial charge is 0.416 e. The van der Waals surface area contributed by atoms with E-state index in [2.05, 4.69) is 19.2 Å². The van der Waals surface area contributed by atoms with Gasteiger partial charge in [-0.05, 0) is 56.2 Å². The van der Waals surface area contributed by atoms with Gasteiger partial charge < -0.3 is 24.8 Å². The first-order valence-electron chi connectivity index (χ1n) is 13.2. The minimum absolute atomic E-state index is 0.0177. The van der Waals surface area contributed by atoms with Crippen molar-refractivity contribution in [2.45, 2.75) is 88.8 Å². The van der Waals surface area contributed by atoms with Crippen molar-refractivity contribution < 1.29 is 32.5 Å². The molecule has 0 radical (unpaired) electrons. The molecule has 36 heavy (non-hydrogen) atoms. The van der Waals surface area contributed by atoms with E-state index in [1.165, 1.54) is 18.6 Å². The van der Waals surface area contributed by atoms with Crippen molar-refractivity contribution in [2.75, 3.05) is 33.4 Å². The monoisotopic (exact) mass is 514 g/mol. The van der Waals surface area contributed by atoms with Crippen LogP contribution in [-0.2, 0) is 26.0 Å². The third-order valence-corrected chi connectivity index (χ3v) is 7.47. The molecule has 2 N–H and O–H groups in total. The predicted molar refractivity (Wildman–Crippen MR) is 131 cm³/mol. The number of rotatable bonds is 5. The number of nitrogens with zero attached hydrogens (tertiary/aromatic N) is 1. The molecule has 0 spiro atoms. The third-order valence-electron chi connectivity index (χ3n) is 7.47. The van der Waals surface area contributed by atoms with Gasteiger partial charge in [-0.3, -0.25) is 4.79 Å². The highest BCUT2D eigenvalue weighted by Gasteiger charge is 2.41. The summed E-state index contributed by atoms with van der Waals surface area (Å²) in [5.41, 5.74) is -1.86. The fraction of sp³-hybridized carbons (Fsp3) is 0.741. The van der Waals surface area contributed by atoms with Crippen LogP contribution in [0.5, 0.6) is 0 Å². The Balaban J connectivity index is 0.00000115. The first kappa shape index (κ1) is 28.9. The van der Waals surface area contributed by atoms with Crippen LogP contribution in [0.1, 0.15) is 69.9 Å². The summed E-state index contributed by atoms with van der Waals surface area (Å²) in [5.74, 6) is 0.0174. The molecule has 204 valence electrons. The van der Waals surface area contributed by atoms with E-state index in [1.54, 1.807) is 12.0 Å². The molecule has 3 aliphatic rings. The molecule has 1 aromatic rings. The van der Waals surface area contributed by atoms with E-state index < -0.39 is 17.3 Å². The van der Waals surface area contributed by atoms with Gasteiger partial charge in [0.15, 0.2) is 0 Å². The average molecular weight is 515 g/mol. The Bertz CT molecular complexity index is 843. The van der Waals surface area contributed by atoms with Gasteiger partial charge in [0.2, 0.25) is 5.91 Å². The molecule has 0 aromatic heterocycles. The van der Waals surface area contributed by atoms with E-state index in [9.17, 15) is 23.1 Å². The molecule has 6 nitrogen and oxygen atoms in total. The van der Waals surface area contributed by atoms with Gasteiger partial charge >= 0.3 is 6.18 Å². The quantitative estimate of drug-likeness (QED) is 0.606. The molecule has 4 atom stereocenters. The van der Waals surface area contributed by atoms with Crippen LogP contribution >= 0.6 is 0 Å². The first-order valence-corrected chi connectivity index (χ1v) is 13.2. The Kier molecular flexibility index (Phi) is 10.2. The zero-order chi connectivity index (χ0) is 26.3. The normalized spacial score (nSPS) is 28.4. The molecule has 9 heteroatoms. The van der Waals surface area contributed by atoms with Crippen LogP contribution in [0.3, 0.4) is 0 Å². The van der Waals surface area contributed by atoms with Crippen molar-refractivity contribution in [3.63, 3.8) is 0 Å². The highest BCUT2D eigenvalue weighted by atomic mass is 19.4. The zero-order valence-corrected chi connectivity index (χ0v) is 21.7. The lowest BCUT2D eigenvalue weighted by Gasteiger charge is -2.39. The smallest absolute Gasteiger partial charge is 0.385 e. The lowest BCUT2D eigenvalue weighted by Crippen LogP contribution is -2.50. The summed E-state index contributed by atoms with van der Waals surface area (Å²) in [7, 11) is 1.69. The molecule has 2 saturated heterocycles. The maximum Gasteiger partial charge on any atom is 0.416 e. The number of aliphatic hydroxyl groups is 1. The molecule has 2 heterocycles. The second kappa shape index (κ2) is 12.7. The SMILES string of the molecule is CCC.COC1COCCC1NC1CCC(C(=O)N2CCC(O)(c3cccc(C(F)(F)F)c3)CC2)C1. The minimum atomic E-state index is -4.45. The molecule has 1 saturated carbocycles. The standard InChI is InChI=1S/C24H33F3N2O4.C3H8/c1-32-21-15-33-12-7-20(21)28-19-6-5-16(13-19)22(30)29-10-8-23(31,9-11-29)17-3-2-4-18(14-17)24(25,26)27;1-3-2/h2-4,14,16,19-21,28,31H,5-13,15H2,1H3;3H2,1-2H3. The minimum Gasteiger partial charge on any atom is -0.385 e. The maximum absolute atomic E-state index is 13.1. The Labute approximate surface area is 212 Å². The van der Waals surface area contributed by atoms with Gasteiger partial charge in [0.25, 0.3) is 0 Å². The van der Waals surface area contributed by atoms with Crippen LogP contribution < -0.4 is 5.32 Å². The first-order chi connectivity index (χ1) is 17.1. The molecule has 4 unspecified atom stereocenters. The number of alkyl halides is 3. The Morgan fingerprint density at radius 3 is 2.56 bits per heavy atom. The molecule has 2 aliphatic heterocycles. The summed E-state index contributed by atoms with van der Waals surface area (Å²) in [6.07, 6.45) is 0.652. The summed E-state index contributed by atoms with van der Waals surface area (Å²) in [6.45, 7) is 6.21. The molecule has 4 rings (SSSR count). The molecular formula is C27H41F3N2O4. The van der Waals surface area contributed by atoms with Crippen molar-refractivity contribution in [3.8, 4) is 0 Å². The van der Waals surface area contributed by atoms with Crippen LogP contribution in [0.2, 0.25) is 0 Å². The Hall–Kier alpha value is -1.68. The van der Waals surface area contributed by atoms with Gasteiger partial charge in [0.1, 0.15) is 0 Å². The van der Waals surface area contributed by atoms with Crippen LogP contribution in [0.15, 0.2) is 24.3 Å². The van der Waals surface area contributed by atoms with E-state index in [1.807, 2.05) is 0 Å². The van der Waals surface area contributed by atoms with Crippen molar-refractivity contribution >= 4 is 5.91 Å². The topological polar surface area (TPSA) is 71.0 Å². The number of halogens is 3. The van der Waals surface area contributed by atoms with Crippen molar-refractivity contribution in [1.29, 1.82) is 0 Å². The van der Waals surface area contributed by atoms with Gasteiger partial charge in [0.05, 0.1) is 23.9 Å². The maximum atomic E-state index is 13.1. The number of ether oxygens (including phenoxy) is 2. The van der Waals surface area contributed by atoms with Gasteiger partial charge in [-0.1, -0.05) is 32.4 Å². The summed E-state index contributed by atoms with van der Waals surface area (Å²) < 4.78 is 50.2. The Morgan fingerprint density at radius 2 is 1.92 bits per heavy atom. The van der Waals surface area contributed by atoms with Gasteiger partial charge in [-0.2, -0.15) is 13.2 Å². The number of nitrogens with one attached hydrogen (secondary N) is 1. The van der Waals surface area contributed by atoms with Crippen LogP contribution in [0.25, 0.3) is 0 Å². The van der Waals surface area contributed by atoms with Crippen molar-refractivity contribution in [3.05, 3.63) is 35.4 Å². The van der Waals surface area contributed by atoms with Gasteiger partial charge in [-0.15, -0.1) is 0 Å². The Morgan fingerprint density at radius 1 is 1.22 bits per heavy atom. The fourth-order valence-corrected chi connectivity index (χ4v) is 5.42. The number of carbonyl (C=O) groups excluding carboxylic acids is 1. The second-order valence-corrected chi connectivity index (χ2v) is 10.3. The molecular weight excluding hydrogens is 473 g/mol. The second-order valence-electron chi connectivity index (χ2n) is 10.3. The van der Waals surface area contributed by atoms with Gasteiger partial charge in [-0.25, -0.2) is 0 Å². The number of piperidine rings is 1. The number of likely N-dealkylation sites (tertiary alicyclic amines) is 1. The molecule has 3 fully saturated rings. The van der Waals surface area contributed by atoms with Crippen molar-refractivity contribution in [2.24, 2.45) is 5.92 Å². The highest BCUT2D eigenvalue weighted by molar-refractivity contribution is 5.79. The van der Waals surface area contributed by atoms with Crippen LogP contribution in [0, 0.1) is 5.92 Å². The number of hydrogen-bond acceptors (Lipinski definition) is 5.